The highest BCUT2D eigenvalue weighted by molar-refractivity contribution is 5.94. The van der Waals surface area contributed by atoms with E-state index in [0.29, 0.717) is 17.7 Å². The minimum atomic E-state index is -4.96. The number of carbonyl (C=O) groups excluding carboxylic acids is 1. The standard InChI is InChI=1S/C21H19F5N2O3/c1-27(19(29)13-4-7-17(23)16(10-13)21(24,25)26)18-8-9-28(20(30)31)11-15(18)12-2-5-14(22)6-3-12/h2-7,10,15,18H,8-9,11H2,1H3,(H,30,31)/t15-,18+/m0/s1. The first-order chi connectivity index (χ1) is 14.5. The molecule has 1 fully saturated rings. The van der Waals surface area contributed by atoms with E-state index in [9.17, 15) is 36.6 Å². The number of carbonyl (C=O) groups is 2. The van der Waals surface area contributed by atoms with E-state index < -0.39 is 47.3 Å². The van der Waals surface area contributed by atoms with E-state index in [2.05, 4.69) is 0 Å². The maximum absolute atomic E-state index is 13.6. The van der Waals surface area contributed by atoms with Gasteiger partial charge in [-0.15, -0.1) is 0 Å². The molecule has 0 aromatic heterocycles. The average Bonchev–Trinajstić information content (AvgIpc) is 2.72. The van der Waals surface area contributed by atoms with Crippen LogP contribution in [0.15, 0.2) is 42.5 Å². The predicted molar refractivity (Wildman–Crippen MR) is 101 cm³/mol. The molecule has 1 saturated heterocycles. The monoisotopic (exact) mass is 442 g/mol. The summed E-state index contributed by atoms with van der Waals surface area (Å²) in [5.74, 6) is -3.25. The van der Waals surface area contributed by atoms with Crippen molar-refractivity contribution in [1.29, 1.82) is 0 Å². The molecule has 0 aliphatic carbocycles. The molecule has 0 spiro atoms. The van der Waals surface area contributed by atoms with Crippen molar-refractivity contribution in [1.82, 2.24) is 9.80 Å². The third-order valence-corrected chi connectivity index (χ3v) is 5.48. The van der Waals surface area contributed by atoms with Crippen molar-refractivity contribution in [3.05, 3.63) is 70.8 Å². The Kier molecular flexibility index (Phi) is 6.19. The van der Waals surface area contributed by atoms with Gasteiger partial charge in [-0.2, -0.15) is 13.2 Å². The van der Waals surface area contributed by atoms with Crippen LogP contribution < -0.4 is 0 Å². The molecular formula is C21H19F5N2O3. The molecule has 3 rings (SSSR count). The Balaban J connectivity index is 1.92. The number of likely N-dealkylation sites (N-methyl/N-ethyl adjacent to an activating group) is 1. The minimum Gasteiger partial charge on any atom is -0.465 e. The molecule has 0 radical (unpaired) electrons. The number of hydrogen-bond donors (Lipinski definition) is 1. The molecule has 2 aromatic carbocycles. The molecule has 10 heteroatoms. The quantitative estimate of drug-likeness (QED) is 0.708. The molecule has 2 atom stereocenters. The van der Waals surface area contributed by atoms with Gasteiger partial charge in [0.05, 0.1) is 5.56 Å². The number of halogens is 5. The van der Waals surface area contributed by atoms with Gasteiger partial charge in [0.1, 0.15) is 11.6 Å². The molecule has 1 aliphatic rings. The van der Waals surface area contributed by atoms with E-state index >= 15 is 0 Å². The number of likely N-dealkylation sites (tertiary alicyclic amines) is 1. The summed E-state index contributed by atoms with van der Waals surface area (Å²) in [4.78, 5) is 26.8. The summed E-state index contributed by atoms with van der Waals surface area (Å²) in [6.07, 6.45) is -5.88. The molecule has 0 bridgehead atoms. The van der Waals surface area contributed by atoms with Crippen LogP contribution in [-0.4, -0.2) is 53.1 Å². The molecule has 1 N–H and O–H groups in total. The van der Waals surface area contributed by atoms with Crippen LogP contribution in [-0.2, 0) is 6.18 Å². The SMILES string of the molecule is CN(C(=O)c1ccc(F)c(C(F)(F)F)c1)[C@@H]1CCN(C(=O)O)C[C@H]1c1ccc(F)cc1. The Bertz CT molecular complexity index is 978. The van der Waals surface area contributed by atoms with E-state index in [0.717, 1.165) is 6.07 Å². The maximum Gasteiger partial charge on any atom is 0.419 e. The number of carboxylic acid groups (broad SMARTS) is 1. The van der Waals surface area contributed by atoms with Gasteiger partial charge in [-0.3, -0.25) is 4.79 Å². The zero-order chi connectivity index (χ0) is 22.9. The summed E-state index contributed by atoms with van der Waals surface area (Å²) in [5, 5.41) is 9.34. The van der Waals surface area contributed by atoms with Crippen molar-refractivity contribution >= 4 is 12.0 Å². The number of rotatable bonds is 3. The molecule has 0 unspecified atom stereocenters. The van der Waals surface area contributed by atoms with Gasteiger partial charge in [-0.05, 0) is 42.3 Å². The second-order valence-electron chi connectivity index (χ2n) is 7.35. The Morgan fingerprint density at radius 3 is 2.32 bits per heavy atom. The number of nitrogens with zero attached hydrogens (tertiary/aromatic N) is 2. The summed E-state index contributed by atoms with van der Waals surface area (Å²) in [6.45, 7) is 0.146. The van der Waals surface area contributed by atoms with Crippen molar-refractivity contribution in [2.45, 2.75) is 24.6 Å². The van der Waals surface area contributed by atoms with Gasteiger partial charge in [0.2, 0.25) is 0 Å². The summed E-state index contributed by atoms with van der Waals surface area (Å²) in [7, 11) is 1.40. The fraction of sp³-hybridized carbons (Fsp3) is 0.333. The molecule has 2 aromatic rings. The molecule has 5 nitrogen and oxygen atoms in total. The number of amides is 2. The lowest BCUT2D eigenvalue weighted by Crippen LogP contribution is -2.51. The highest BCUT2D eigenvalue weighted by atomic mass is 19.4. The van der Waals surface area contributed by atoms with Gasteiger partial charge in [0, 0.05) is 37.7 Å². The Labute approximate surface area is 174 Å². The Hall–Kier alpha value is -3.17. The van der Waals surface area contributed by atoms with E-state index in [1.54, 1.807) is 0 Å². The van der Waals surface area contributed by atoms with E-state index in [1.807, 2.05) is 0 Å². The third kappa shape index (κ3) is 4.78. The topological polar surface area (TPSA) is 60.9 Å². The molecular weight excluding hydrogens is 423 g/mol. The van der Waals surface area contributed by atoms with E-state index in [-0.39, 0.29) is 25.1 Å². The summed E-state index contributed by atoms with van der Waals surface area (Å²) >= 11 is 0. The molecule has 2 amide bonds. The largest absolute Gasteiger partial charge is 0.465 e. The molecule has 1 heterocycles. The van der Waals surface area contributed by atoms with Gasteiger partial charge < -0.3 is 14.9 Å². The van der Waals surface area contributed by atoms with Crippen molar-refractivity contribution in [2.24, 2.45) is 0 Å². The lowest BCUT2D eigenvalue weighted by Gasteiger charge is -2.42. The van der Waals surface area contributed by atoms with Gasteiger partial charge in [-0.1, -0.05) is 12.1 Å². The highest BCUT2D eigenvalue weighted by Crippen LogP contribution is 2.34. The highest BCUT2D eigenvalue weighted by Gasteiger charge is 2.38. The van der Waals surface area contributed by atoms with Crippen LogP contribution in [0.3, 0.4) is 0 Å². The normalized spacial score (nSPS) is 19.2. The second-order valence-corrected chi connectivity index (χ2v) is 7.35. The third-order valence-electron chi connectivity index (χ3n) is 5.48. The van der Waals surface area contributed by atoms with E-state index in [4.69, 9.17) is 0 Å². The lowest BCUT2D eigenvalue weighted by molar-refractivity contribution is -0.140. The van der Waals surface area contributed by atoms with Crippen LogP contribution in [0.1, 0.15) is 33.8 Å². The van der Waals surface area contributed by atoms with Crippen LogP contribution in [0.25, 0.3) is 0 Å². The smallest absolute Gasteiger partial charge is 0.419 e. The molecule has 166 valence electrons. The second kappa shape index (κ2) is 8.52. The predicted octanol–water partition coefficient (Wildman–Crippen LogP) is 4.59. The molecule has 0 saturated carbocycles. The van der Waals surface area contributed by atoms with E-state index in [1.165, 1.54) is 41.1 Å². The van der Waals surface area contributed by atoms with Crippen LogP contribution in [0.2, 0.25) is 0 Å². The van der Waals surface area contributed by atoms with Crippen molar-refractivity contribution in [3.63, 3.8) is 0 Å². The molecule has 31 heavy (non-hydrogen) atoms. The zero-order valence-electron chi connectivity index (χ0n) is 16.4. The van der Waals surface area contributed by atoms with Crippen LogP contribution in [0.5, 0.6) is 0 Å². The van der Waals surface area contributed by atoms with Crippen LogP contribution in [0.4, 0.5) is 26.7 Å². The van der Waals surface area contributed by atoms with Gasteiger partial charge >= 0.3 is 12.3 Å². The van der Waals surface area contributed by atoms with Crippen molar-refractivity contribution in [3.8, 4) is 0 Å². The fourth-order valence-electron chi connectivity index (χ4n) is 3.84. The van der Waals surface area contributed by atoms with Crippen molar-refractivity contribution in [2.75, 3.05) is 20.1 Å². The zero-order valence-corrected chi connectivity index (χ0v) is 16.4. The van der Waals surface area contributed by atoms with Gasteiger partial charge in [-0.25, -0.2) is 13.6 Å². The first kappa shape index (κ1) is 22.5. The molecule has 1 aliphatic heterocycles. The lowest BCUT2D eigenvalue weighted by atomic mass is 9.85. The fourth-order valence-corrected chi connectivity index (χ4v) is 3.84. The van der Waals surface area contributed by atoms with Crippen LogP contribution in [0, 0.1) is 11.6 Å². The van der Waals surface area contributed by atoms with Crippen molar-refractivity contribution < 1.29 is 36.6 Å². The average molecular weight is 442 g/mol. The van der Waals surface area contributed by atoms with Gasteiger partial charge in [0.15, 0.2) is 0 Å². The first-order valence-corrected chi connectivity index (χ1v) is 9.36. The van der Waals surface area contributed by atoms with Gasteiger partial charge in [0.25, 0.3) is 5.91 Å². The summed E-state index contributed by atoms with van der Waals surface area (Å²) in [5.41, 5.74) is -1.29. The number of benzene rings is 2. The Morgan fingerprint density at radius 2 is 1.74 bits per heavy atom. The summed E-state index contributed by atoms with van der Waals surface area (Å²) in [6, 6.07) is 6.86. The number of hydrogen-bond acceptors (Lipinski definition) is 2. The minimum absolute atomic E-state index is 0.0282. The summed E-state index contributed by atoms with van der Waals surface area (Å²) < 4.78 is 66.0. The maximum atomic E-state index is 13.6. The first-order valence-electron chi connectivity index (χ1n) is 9.36. The van der Waals surface area contributed by atoms with Crippen LogP contribution >= 0.6 is 0 Å². The number of piperidine rings is 1. The Morgan fingerprint density at radius 1 is 1.10 bits per heavy atom. The number of alkyl halides is 3.